The van der Waals surface area contributed by atoms with E-state index in [4.69, 9.17) is 25.8 Å². The highest BCUT2D eigenvalue weighted by Crippen LogP contribution is 2.34. The SMILES string of the molecule is COc1ccc(NC(=O)c2cc3cc(Cl)ccc3n2NC(=O)C(=O)Nc2ccc3c(c2)OCO3)cc1. The second kappa shape index (κ2) is 9.51. The maximum Gasteiger partial charge on any atom is 0.328 e. The van der Waals surface area contributed by atoms with E-state index in [1.807, 2.05) is 0 Å². The van der Waals surface area contributed by atoms with Crippen LogP contribution in [0, 0.1) is 0 Å². The van der Waals surface area contributed by atoms with E-state index in [2.05, 4.69) is 16.1 Å². The van der Waals surface area contributed by atoms with Crippen molar-refractivity contribution >= 4 is 51.6 Å². The number of hydrogen-bond acceptors (Lipinski definition) is 6. The molecule has 1 aromatic heterocycles. The monoisotopic (exact) mass is 506 g/mol. The van der Waals surface area contributed by atoms with E-state index in [0.29, 0.717) is 44.5 Å². The molecular weight excluding hydrogens is 488 g/mol. The van der Waals surface area contributed by atoms with Crippen molar-refractivity contribution in [3.63, 3.8) is 0 Å². The fraction of sp³-hybridized carbons (Fsp3) is 0.0800. The van der Waals surface area contributed by atoms with Crippen LogP contribution in [0.5, 0.6) is 17.2 Å². The Labute approximate surface area is 209 Å². The van der Waals surface area contributed by atoms with Gasteiger partial charge in [-0.25, -0.2) is 4.68 Å². The van der Waals surface area contributed by atoms with Crippen molar-refractivity contribution in [3.05, 3.63) is 77.4 Å². The Hall–Kier alpha value is -4.70. The van der Waals surface area contributed by atoms with Crippen LogP contribution in [0.3, 0.4) is 0 Å². The summed E-state index contributed by atoms with van der Waals surface area (Å²) in [6.45, 7) is 0.0826. The van der Waals surface area contributed by atoms with Gasteiger partial charge >= 0.3 is 11.8 Å². The molecule has 0 aliphatic carbocycles. The van der Waals surface area contributed by atoms with Gasteiger partial charge in [0.1, 0.15) is 11.4 Å². The first-order chi connectivity index (χ1) is 17.4. The Kier molecular flexibility index (Phi) is 6.09. The third kappa shape index (κ3) is 4.62. The molecule has 11 heteroatoms. The lowest BCUT2D eigenvalue weighted by atomic mass is 10.2. The van der Waals surface area contributed by atoms with Crippen molar-refractivity contribution in [3.8, 4) is 17.2 Å². The molecule has 0 bridgehead atoms. The molecule has 1 aliphatic heterocycles. The van der Waals surface area contributed by atoms with E-state index in [0.717, 1.165) is 0 Å². The Bertz CT molecular complexity index is 1500. The number of anilines is 2. The Morgan fingerprint density at radius 2 is 1.61 bits per heavy atom. The minimum atomic E-state index is -0.987. The molecule has 0 spiro atoms. The average Bonchev–Trinajstić information content (AvgIpc) is 3.48. The van der Waals surface area contributed by atoms with Gasteiger partial charge in [-0.1, -0.05) is 11.6 Å². The molecule has 2 heterocycles. The molecule has 0 saturated carbocycles. The van der Waals surface area contributed by atoms with E-state index in [9.17, 15) is 14.4 Å². The van der Waals surface area contributed by atoms with Crippen molar-refractivity contribution in [2.24, 2.45) is 0 Å². The molecule has 3 N–H and O–H groups in total. The summed E-state index contributed by atoms with van der Waals surface area (Å²) < 4.78 is 16.9. The molecule has 4 aromatic rings. The number of fused-ring (bicyclic) bond motifs is 2. The predicted octanol–water partition coefficient (Wildman–Crippen LogP) is 3.99. The van der Waals surface area contributed by atoms with E-state index in [-0.39, 0.29) is 12.5 Å². The summed E-state index contributed by atoms with van der Waals surface area (Å²) in [5.41, 5.74) is 3.93. The topological polar surface area (TPSA) is 120 Å². The van der Waals surface area contributed by atoms with Gasteiger partial charge < -0.3 is 24.8 Å². The first kappa shape index (κ1) is 23.1. The normalized spacial score (nSPS) is 11.7. The lowest BCUT2D eigenvalue weighted by molar-refractivity contribution is -0.133. The van der Waals surface area contributed by atoms with Crippen LogP contribution in [0.2, 0.25) is 5.02 Å². The molecule has 1 aliphatic rings. The fourth-order valence-electron chi connectivity index (χ4n) is 3.66. The van der Waals surface area contributed by atoms with Crippen LogP contribution >= 0.6 is 11.6 Å². The van der Waals surface area contributed by atoms with Gasteiger partial charge in [0.15, 0.2) is 11.5 Å². The molecule has 3 amide bonds. The van der Waals surface area contributed by atoms with Crippen LogP contribution < -0.4 is 30.3 Å². The summed E-state index contributed by atoms with van der Waals surface area (Å²) in [5, 5.41) is 6.32. The number of carbonyl (C=O) groups is 3. The standard InChI is InChI=1S/C25H19ClN4O6/c1-34-18-6-3-16(4-7-18)27-23(31)20-11-14-10-15(26)2-8-19(14)30(20)29-25(33)24(32)28-17-5-9-21-22(12-17)36-13-35-21/h2-12H,13H2,1H3,(H,27,31)(H,28,32)(H,29,33). The van der Waals surface area contributed by atoms with Gasteiger partial charge in [0.05, 0.1) is 12.6 Å². The minimum Gasteiger partial charge on any atom is -0.497 e. The smallest absolute Gasteiger partial charge is 0.328 e. The maximum atomic E-state index is 13.1. The highest BCUT2D eigenvalue weighted by Gasteiger charge is 2.22. The third-order valence-corrected chi connectivity index (χ3v) is 5.63. The summed E-state index contributed by atoms with van der Waals surface area (Å²) in [5.74, 6) is -0.798. The molecule has 0 fully saturated rings. The highest BCUT2D eigenvalue weighted by molar-refractivity contribution is 6.42. The van der Waals surface area contributed by atoms with Gasteiger partial charge in [-0.05, 0) is 60.7 Å². The number of hydrogen-bond donors (Lipinski definition) is 3. The summed E-state index contributed by atoms with van der Waals surface area (Å²) in [7, 11) is 1.54. The zero-order valence-electron chi connectivity index (χ0n) is 18.8. The average molecular weight is 507 g/mol. The van der Waals surface area contributed by atoms with Gasteiger partial charge in [0, 0.05) is 27.8 Å². The zero-order chi connectivity index (χ0) is 25.2. The first-order valence-electron chi connectivity index (χ1n) is 10.7. The van der Waals surface area contributed by atoms with E-state index in [1.54, 1.807) is 73.8 Å². The van der Waals surface area contributed by atoms with Gasteiger partial charge in [0.25, 0.3) is 5.91 Å². The summed E-state index contributed by atoms with van der Waals surface area (Å²) in [4.78, 5) is 38.5. The number of carbonyl (C=O) groups excluding carboxylic acids is 3. The Balaban J connectivity index is 1.39. The fourth-order valence-corrected chi connectivity index (χ4v) is 3.84. The number of rotatable bonds is 5. The van der Waals surface area contributed by atoms with E-state index in [1.165, 1.54) is 4.68 Å². The van der Waals surface area contributed by atoms with Crippen LogP contribution in [0.1, 0.15) is 10.5 Å². The number of amides is 3. The third-order valence-electron chi connectivity index (χ3n) is 5.39. The quantitative estimate of drug-likeness (QED) is 0.352. The van der Waals surface area contributed by atoms with Crippen molar-refractivity contribution in [2.75, 3.05) is 30.0 Å². The number of aromatic nitrogens is 1. The lowest BCUT2D eigenvalue weighted by Crippen LogP contribution is -2.36. The van der Waals surface area contributed by atoms with Crippen LogP contribution in [-0.2, 0) is 9.59 Å². The van der Waals surface area contributed by atoms with Crippen LogP contribution in [0.15, 0.2) is 66.7 Å². The summed E-state index contributed by atoms with van der Waals surface area (Å²) in [6.07, 6.45) is 0. The molecule has 5 rings (SSSR count). The summed E-state index contributed by atoms with van der Waals surface area (Å²) >= 11 is 6.11. The first-order valence-corrected chi connectivity index (χ1v) is 11.1. The number of nitrogens with zero attached hydrogens (tertiary/aromatic N) is 1. The molecule has 0 atom stereocenters. The van der Waals surface area contributed by atoms with Gasteiger partial charge in [0.2, 0.25) is 6.79 Å². The molecular formula is C25H19ClN4O6. The van der Waals surface area contributed by atoms with Crippen LogP contribution in [-0.4, -0.2) is 36.3 Å². The predicted molar refractivity (Wildman–Crippen MR) is 133 cm³/mol. The van der Waals surface area contributed by atoms with E-state index < -0.39 is 17.7 Å². The van der Waals surface area contributed by atoms with Gasteiger partial charge in [-0.3, -0.25) is 19.8 Å². The molecule has 36 heavy (non-hydrogen) atoms. The van der Waals surface area contributed by atoms with Gasteiger partial charge in [-0.15, -0.1) is 0 Å². The minimum absolute atomic E-state index is 0.0826. The molecule has 182 valence electrons. The summed E-state index contributed by atoms with van der Waals surface area (Å²) in [6, 6.07) is 18.0. The Morgan fingerprint density at radius 3 is 2.39 bits per heavy atom. The van der Waals surface area contributed by atoms with Crippen molar-refractivity contribution < 1.29 is 28.6 Å². The number of nitrogens with one attached hydrogen (secondary N) is 3. The van der Waals surface area contributed by atoms with E-state index >= 15 is 0 Å². The van der Waals surface area contributed by atoms with Gasteiger partial charge in [-0.2, -0.15) is 0 Å². The number of ether oxygens (including phenoxy) is 3. The van der Waals surface area contributed by atoms with Crippen molar-refractivity contribution in [2.45, 2.75) is 0 Å². The maximum absolute atomic E-state index is 13.1. The van der Waals surface area contributed by atoms with Crippen LogP contribution in [0.4, 0.5) is 11.4 Å². The Morgan fingerprint density at radius 1 is 0.861 bits per heavy atom. The molecule has 3 aromatic carbocycles. The van der Waals surface area contributed by atoms with Crippen molar-refractivity contribution in [1.29, 1.82) is 0 Å². The number of methoxy groups -OCH3 is 1. The number of benzene rings is 3. The highest BCUT2D eigenvalue weighted by atomic mass is 35.5. The molecule has 10 nitrogen and oxygen atoms in total. The zero-order valence-corrected chi connectivity index (χ0v) is 19.6. The van der Waals surface area contributed by atoms with Crippen LogP contribution in [0.25, 0.3) is 10.9 Å². The van der Waals surface area contributed by atoms with Crippen molar-refractivity contribution in [1.82, 2.24) is 4.68 Å². The number of halogens is 1. The molecule has 0 radical (unpaired) electrons. The lowest BCUT2D eigenvalue weighted by Gasteiger charge is -2.13. The second-order valence-electron chi connectivity index (χ2n) is 7.71. The molecule has 0 unspecified atom stereocenters. The largest absolute Gasteiger partial charge is 0.497 e. The second-order valence-corrected chi connectivity index (χ2v) is 8.15. The molecule has 0 saturated heterocycles.